The van der Waals surface area contributed by atoms with Gasteiger partial charge < -0.3 is 20.4 Å². The van der Waals surface area contributed by atoms with Crippen molar-refractivity contribution >= 4 is 34.1 Å². The first-order chi connectivity index (χ1) is 19.5. The van der Waals surface area contributed by atoms with Gasteiger partial charge in [-0.3, -0.25) is 4.79 Å². The van der Waals surface area contributed by atoms with Gasteiger partial charge in [-0.2, -0.15) is 0 Å². The van der Waals surface area contributed by atoms with Crippen molar-refractivity contribution in [3.8, 4) is 0 Å². The molecule has 3 N–H and O–H groups in total. The lowest BCUT2D eigenvalue weighted by molar-refractivity contribution is -0.161. The minimum Gasteiger partial charge on any atom is -0.477 e. The number of hydrogen-bond donors (Lipinski definition) is 3. The topological polar surface area (TPSA) is 121 Å². The highest BCUT2D eigenvalue weighted by Gasteiger charge is 2.44. The van der Waals surface area contributed by atoms with Crippen molar-refractivity contribution in [3.63, 3.8) is 0 Å². The number of carbonyl (C=O) groups excluding carboxylic acids is 1. The molecule has 0 aliphatic heterocycles. The number of nitrogens with one attached hydrogen (secondary N) is 1. The molecule has 41 heavy (non-hydrogen) atoms. The average molecular weight is 572 g/mol. The molecule has 0 spiro atoms. The van der Waals surface area contributed by atoms with Gasteiger partial charge in [-0.05, 0) is 44.4 Å². The Hall–Kier alpha value is -4.50. The van der Waals surface area contributed by atoms with Crippen LogP contribution in [0.3, 0.4) is 0 Å². The van der Waals surface area contributed by atoms with E-state index in [2.05, 4.69) is 10.5 Å². The molecular formula is C32H33N3O5S. The number of ether oxygens (including phenoxy) is 1. The van der Waals surface area contributed by atoms with Crippen LogP contribution in [0.25, 0.3) is 0 Å². The predicted octanol–water partition coefficient (Wildman–Crippen LogP) is 6.45. The number of thiazole rings is 1. The third-order valence-corrected chi connectivity index (χ3v) is 7.48. The maximum atomic E-state index is 13.5. The van der Waals surface area contributed by atoms with Crippen molar-refractivity contribution in [2.24, 2.45) is 5.16 Å². The van der Waals surface area contributed by atoms with Crippen molar-refractivity contribution in [1.29, 1.82) is 0 Å². The van der Waals surface area contributed by atoms with E-state index in [0.717, 1.165) is 16.7 Å². The van der Waals surface area contributed by atoms with Crippen molar-refractivity contribution in [2.75, 3.05) is 5.32 Å². The Balaban J connectivity index is 1.87. The summed E-state index contributed by atoms with van der Waals surface area (Å²) in [5, 5.41) is 27.8. The molecule has 1 heterocycles. The number of hydrogen-bond acceptors (Lipinski definition) is 8. The van der Waals surface area contributed by atoms with Crippen LogP contribution in [0.1, 0.15) is 56.5 Å². The van der Waals surface area contributed by atoms with Crippen LogP contribution in [-0.2, 0) is 25.3 Å². The molecular weight excluding hydrogens is 538 g/mol. The summed E-state index contributed by atoms with van der Waals surface area (Å²) in [5.74, 6) is -2.11. The van der Waals surface area contributed by atoms with Gasteiger partial charge in [-0.15, -0.1) is 11.3 Å². The van der Waals surface area contributed by atoms with Gasteiger partial charge in [0.15, 0.2) is 10.8 Å². The number of oxime groups is 1. The van der Waals surface area contributed by atoms with Crippen LogP contribution in [0.15, 0.2) is 102 Å². The van der Waals surface area contributed by atoms with Crippen LogP contribution in [0.5, 0.6) is 0 Å². The molecule has 0 aliphatic carbocycles. The van der Waals surface area contributed by atoms with Gasteiger partial charge in [0.2, 0.25) is 0 Å². The first-order valence-corrected chi connectivity index (χ1v) is 14.0. The average Bonchev–Trinajstić information content (AvgIpc) is 3.44. The molecule has 9 heteroatoms. The molecule has 0 saturated carbocycles. The predicted molar refractivity (Wildman–Crippen MR) is 160 cm³/mol. The van der Waals surface area contributed by atoms with Crippen LogP contribution in [0.2, 0.25) is 0 Å². The molecule has 4 rings (SSSR count). The summed E-state index contributed by atoms with van der Waals surface area (Å²) in [4.78, 5) is 30.1. The van der Waals surface area contributed by atoms with Gasteiger partial charge in [0.25, 0.3) is 0 Å². The molecule has 0 radical (unpaired) electrons. The number of carboxylic acids is 1. The van der Waals surface area contributed by atoms with Crippen LogP contribution >= 0.6 is 11.3 Å². The van der Waals surface area contributed by atoms with E-state index in [9.17, 15) is 19.9 Å². The van der Waals surface area contributed by atoms with E-state index in [1.807, 2.05) is 91.0 Å². The van der Waals surface area contributed by atoms with Gasteiger partial charge in [0, 0.05) is 11.8 Å². The smallest absolute Gasteiger partial charge is 0.353 e. The quantitative estimate of drug-likeness (QED) is 0.0657. The number of rotatable bonds is 10. The summed E-state index contributed by atoms with van der Waals surface area (Å²) < 4.78 is 5.68. The Morgan fingerprint density at radius 3 is 1.71 bits per heavy atom. The van der Waals surface area contributed by atoms with Gasteiger partial charge >= 0.3 is 11.9 Å². The first-order valence-electron chi connectivity index (χ1n) is 13.1. The molecule has 0 aliphatic rings. The zero-order chi connectivity index (χ0) is 29.7. The third-order valence-electron chi connectivity index (χ3n) is 6.72. The Morgan fingerprint density at radius 2 is 1.32 bits per heavy atom. The number of aliphatic carboxylic acids is 1. The molecule has 1 unspecified atom stereocenters. The summed E-state index contributed by atoms with van der Waals surface area (Å²) in [6.45, 7) is 6.73. The summed E-state index contributed by atoms with van der Waals surface area (Å²) in [6.07, 6.45) is -0.419. The minimum atomic E-state index is -1.54. The van der Waals surface area contributed by atoms with Gasteiger partial charge in [0.05, 0.1) is 5.69 Å². The fourth-order valence-electron chi connectivity index (χ4n) is 4.67. The summed E-state index contributed by atoms with van der Waals surface area (Å²) >= 11 is 1.29. The second kappa shape index (κ2) is 11.9. The molecule has 0 fully saturated rings. The molecule has 0 saturated heterocycles. The summed E-state index contributed by atoms with van der Waals surface area (Å²) in [5.41, 5.74) is -0.576. The molecule has 0 bridgehead atoms. The maximum Gasteiger partial charge on any atom is 0.353 e. The molecule has 3 aromatic carbocycles. The van der Waals surface area contributed by atoms with Crippen LogP contribution in [0.4, 0.5) is 5.13 Å². The van der Waals surface area contributed by atoms with E-state index in [-0.39, 0.29) is 0 Å². The molecule has 8 nitrogen and oxygen atoms in total. The standard InChI is InChI=1S/C32H33N3O5S/c1-30(2,3)40-28(38)31(4,20-25(35-39)27(36)37)26-21-41-29(33-26)34-32(22-14-8-5-9-15-22,23-16-10-6-11-17-23)24-18-12-7-13-19-24/h5-19,21,39H,20H2,1-4H3,(H,33,34)(H,36,37). The lowest BCUT2D eigenvalue weighted by Crippen LogP contribution is -2.42. The molecule has 1 aromatic heterocycles. The molecule has 4 aromatic rings. The lowest BCUT2D eigenvalue weighted by Gasteiger charge is -2.37. The van der Waals surface area contributed by atoms with E-state index < -0.39 is 40.6 Å². The Labute approximate surface area is 243 Å². The van der Waals surface area contributed by atoms with E-state index >= 15 is 0 Å². The number of esters is 1. The zero-order valence-corrected chi connectivity index (χ0v) is 24.2. The van der Waals surface area contributed by atoms with Gasteiger partial charge in [-0.1, -0.05) is 96.2 Å². The number of carbonyl (C=O) groups is 2. The van der Waals surface area contributed by atoms with Crippen molar-refractivity contribution in [3.05, 3.63) is 119 Å². The molecule has 0 amide bonds. The molecule has 1 atom stereocenters. The SMILES string of the molecule is CC(C)(C)OC(=O)C(C)(CC(=NO)C(=O)O)c1csc(NC(c2ccccc2)(c2ccccc2)c2ccccc2)n1. The number of aromatic nitrogens is 1. The fourth-order valence-corrected chi connectivity index (χ4v) is 5.57. The van der Waals surface area contributed by atoms with E-state index in [4.69, 9.17) is 9.72 Å². The van der Waals surface area contributed by atoms with Crippen LogP contribution in [-0.4, -0.2) is 38.5 Å². The fraction of sp³-hybridized carbons (Fsp3) is 0.250. The van der Waals surface area contributed by atoms with E-state index in [1.54, 1.807) is 33.1 Å². The van der Waals surface area contributed by atoms with E-state index in [1.165, 1.54) is 11.3 Å². The lowest BCUT2D eigenvalue weighted by atomic mass is 9.77. The number of carboxylic acid groups (broad SMARTS) is 1. The largest absolute Gasteiger partial charge is 0.477 e. The Bertz CT molecular complexity index is 1420. The summed E-state index contributed by atoms with van der Waals surface area (Å²) in [7, 11) is 0. The van der Waals surface area contributed by atoms with Crippen molar-refractivity contribution in [1.82, 2.24) is 4.98 Å². The van der Waals surface area contributed by atoms with Gasteiger partial charge in [-0.25, -0.2) is 9.78 Å². The van der Waals surface area contributed by atoms with Gasteiger partial charge in [0.1, 0.15) is 16.6 Å². The van der Waals surface area contributed by atoms with Crippen molar-refractivity contribution in [2.45, 2.75) is 50.7 Å². The zero-order valence-electron chi connectivity index (χ0n) is 23.4. The van der Waals surface area contributed by atoms with Crippen LogP contribution in [0, 0.1) is 0 Å². The second-order valence-corrected chi connectivity index (χ2v) is 11.7. The third kappa shape index (κ3) is 6.30. The number of benzene rings is 3. The number of anilines is 1. The van der Waals surface area contributed by atoms with Crippen LogP contribution < -0.4 is 5.32 Å². The monoisotopic (exact) mass is 571 g/mol. The Morgan fingerprint density at radius 1 is 0.854 bits per heavy atom. The maximum absolute atomic E-state index is 13.5. The Kier molecular flexibility index (Phi) is 8.58. The highest BCUT2D eigenvalue weighted by molar-refractivity contribution is 7.13. The highest BCUT2D eigenvalue weighted by atomic mass is 32.1. The number of nitrogens with zero attached hydrogens (tertiary/aromatic N) is 2. The normalized spacial score (nSPS) is 13.7. The minimum absolute atomic E-state index is 0.296. The second-order valence-electron chi connectivity index (χ2n) is 10.9. The van der Waals surface area contributed by atoms with Crippen molar-refractivity contribution < 1.29 is 24.6 Å². The first kappa shape index (κ1) is 29.5. The summed E-state index contributed by atoms with van der Waals surface area (Å²) in [6, 6.07) is 30.0. The highest BCUT2D eigenvalue weighted by Crippen LogP contribution is 2.42. The molecule has 212 valence electrons. The van der Waals surface area contributed by atoms with E-state index in [0.29, 0.717) is 10.8 Å².